The molecule has 2 aromatic heterocycles. The van der Waals surface area contributed by atoms with Gasteiger partial charge in [0.15, 0.2) is 0 Å². The van der Waals surface area contributed by atoms with Gasteiger partial charge in [-0.3, -0.25) is 10.1 Å². The summed E-state index contributed by atoms with van der Waals surface area (Å²) >= 11 is 1.39. The number of anilines is 1. The fourth-order valence-electron chi connectivity index (χ4n) is 1.94. The molecule has 0 unspecified atom stereocenters. The number of amides is 1. The van der Waals surface area contributed by atoms with Crippen molar-refractivity contribution < 1.29 is 4.79 Å². The van der Waals surface area contributed by atoms with Crippen LogP contribution in [-0.4, -0.2) is 25.9 Å². The van der Waals surface area contributed by atoms with Crippen molar-refractivity contribution in [3.8, 4) is 5.69 Å². The molecule has 3 rings (SSSR count). The highest BCUT2D eigenvalue weighted by molar-refractivity contribution is 7.15. The zero-order valence-electron chi connectivity index (χ0n) is 12.3. The smallest absolute Gasteiger partial charge is 0.257 e. The lowest BCUT2D eigenvalue weighted by Gasteiger charge is -2.04. The van der Waals surface area contributed by atoms with Crippen molar-refractivity contribution in [2.75, 3.05) is 5.32 Å². The molecule has 0 saturated carbocycles. The average Bonchev–Trinajstić information content (AvgIpc) is 3.16. The highest BCUT2D eigenvalue weighted by atomic mass is 32.1. The van der Waals surface area contributed by atoms with Crippen LogP contribution in [0.1, 0.15) is 27.9 Å². The van der Waals surface area contributed by atoms with Crippen LogP contribution >= 0.6 is 11.3 Å². The first kappa shape index (κ1) is 14.4. The fraction of sp³-hybridized carbons (Fsp3) is 0.200. The SMILES string of the molecule is CCc1nnc(NC(=O)c2ccc(-n3cc(C)cn3)cc2)s1. The van der Waals surface area contributed by atoms with E-state index in [4.69, 9.17) is 0 Å². The van der Waals surface area contributed by atoms with E-state index in [0.717, 1.165) is 22.7 Å². The highest BCUT2D eigenvalue weighted by Gasteiger charge is 2.10. The maximum Gasteiger partial charge on any atom is 0.257 e. The number of benzene rings is 1. The second kappa shape index (κ2) is 6.07. The van der Waals surface area contributed by atoms with Gasteiger partial charge in [0, 0.05) is 11.8 Å². The van der Waals surface area contributed by atoms with E-state index in [1.165, 1.54) is 11.3 Å². The minimum atomic E-state index is -0.193. The number of nitrogens with one attached hydrogen (secondary N) is 1. The van der Waals surface area contributed by atoms with Gasteiger partial charge < -0.3 is 0 Å². The molecule has 1 aromatic carbocycles. The van der Waals surface area contributed by atoms with E-state index in [1.807, 2.05) is 32.2 Å². The fourth-order valence-corrected chi connectivity index (χ4v) is 2.61. The predicted molar refractivity (Wildman–Crippen MR) is 85.5 cm³/mol. The highest BCUT2D eigenvalue weighted by Crippen LogP contribution is 2.17. The van der Waals surface area contributed by atoms with Gasteiger partial charge in [-0.2, -0.15) is 5.10 Å². The molecule has 6 nitrogen and oxygen atoms in total. The first-order valence-corrected chi connectivity index (χ1v) is 7.73. The van der Waals surface area contributed by atoms with E-state index in [1.54, 1.807) is 23.0 Å². The maximum atomic E-state index is 12.2. The summed E-state index contributed by atoms with van der Waals surface area (Å²) in [4.78, 5) is 12.2. The van der Waals surface area contributed by atoms with Gasteiger partial charge in [0.05, 0.1) is 11.9 Å². The van der Waals surface area contributed by atoms with Gasteiger partial charge in [0.1, 0.15) is 5.01 Å². The Morgan fingerprint density at radius 1 is 1.27 bits per heavy atom. The summed E-state index contributed by atoms with van der Waals surface area (Å²) in [5, 5.41) is 16.3. The van der Waals surface area contributed by atoms with Gasteiger partial charge in [-0.1, -0.05) is 18.3 Å². The molecule has 0 atom stereocenters. The molecule has 112 valence electrons. The van der Waals surface area contributed by atoms with Crippen LogP contribution in [0.3, 0.4) is 0 Å². The predicted octanol–water partition coefficient (Wildman–Crippen LogP) is 2.85. The molecule has 7 heteroatoms. The van der Waals surface area contributed by atoms with Gasteiger partial charge in [0.25, 0.3) is 5.91 Å². The number of rotatable bonds is 4. The summed E-state index contributed by atoms with van der Waals surface area (Å²) in [6, 6.07) is 7.25. The third-order valence-electron chi connectivity index (χ3n) is 3.10. The van der Waals surface area contributed by atoms with E-state index in [0.29, 0.717) is 10.7 Å². The Hall–Kier alpha value is -2.54. The third-order valence-corrected chi connectivity index (χ3v) is 4.08. The van der Waals surface area contributed by atoms with E-state index < -0.39 is 0 Å². The van der Waals surface area contributed by atoms with Crippen molar-refractivity contribution in [2.45, 2.75) is 20.3 Å². The Kier molecular flexibility index (Phi) is 3.97. The zero-order chi connectivity index (χ0) is 15.5. The Balaban J connectivity index is 1.73. The van der Waals surface area contributed by atoms with Crippen LogP contribution in [0.4, 0.5) is 5.13 Å². The van der Waals surface area contributed by atoms with Gasteiger partial charge in [0.2, 0.25) is 5.13 Å². The molecule has 0 aliphatic rings. The lowest BCUT2D eigenvalue weighted by atomic mass is 10.2. The molecule has 0 spiro atoms. The summed E-state index contributed by atoms with van der Waals surface area (Å²) in [7, 11) is 0. The van der Waals surface area contributed by atoms with Crippen LogP contribution in [0, 0.1) is 6.92 Å². The average molecular weight is 313 g/mol. The normalized spacial score (nSPS) is 10.6. The number of aryl methyl sites for hydroxylation is 2. The van der Waals surface area contributed by atoms with Crippen LogP contribution in [0.15, 0.2) is 36.7 Å². The molecule has 0 aliphatic heterocycles. The number of hydrogen-bond donors (Lipinski definition) is 1. The lowest BCUT2D eigenvalue weighted by molar-refractivity contribution is 0.102. The third kappa shape index (κ3) is 3.04. The Labute approximate surface area is 131 Å². The zero-order valence-corrected chi connectivity index (χ0v) is 13.1. The second-order valence-corrected chi connectivity index (χ2v) is 5.88. The van der Waals surface area contributed by atoms with Crippen molar-refractivity contribution in [2.24, 2.45) is 0 Å². The van der Waals surface area contributed by atoms with Crippen molar-refractivity contribution in [1.82, 2.24) is 20.0 Å². The number of carbonyl (C=O) groups is 1. The molecule has 0 fully saturated rings. The number of hydrogen-bond acceptors (Lipinski definition) is 5. The monoisotopic (exact) mass is 313 g/mol. The summed E-state index contributed by atoms with van der Waals surface area (Å²) < 4.78 is 1.77. The molecule has 0 saturated heterocycles. The first-order valence-electron chi connectivity index (χ1n) is 6.91. The number of carbonyl (C=O) groups excluding carboxylic acids is 1. The quantitative estimate of drug-likeness (QED) is 0.804. The molecule has 1 amide bonds. The Bertz CT molecular complexity index is 790. The molecular formula is C15H15N5OS. The van der Waals surface area contributed by atoms with Gasteiger partial charge in [-0.25, -0.2) is 4.68 Å². The topological polar surface area (TPSA) is 72.7 Å². The van der Waals surface area contributed by atoms with Crippen LogP contribution in [0.5, 0.6) is 0 Å². The second-order valence-electron chi connectivity index (χ2n) is 4.82. The van der Waals surface area contributed by atoms with Crippen LogP contribution in [-0.2, 0) is 6.42 Å². The molecular weight excluding hydrogens is 298 g/mol. The number of nitrogens with zero attached hydrogens (tertiary/aromatic N) is 4. The first-order chi connectivity index (χ1) is 10.7. The maximum absolute atomic E-state index is 12.2. The molecule has 1 N–H and O–H groups in total. The molecule has 2 heterocycles. The Morgan fingerprint density at radius 2 is 2.05 bits per heavy atom. The minimum absolute atomic E-state index is 0.193. The summed E-state index contributed by atoms with van der Waals surface area (Å²) in [6.07, 6.45) is 4.54. The molecule has 3 aromatic rings. The summed E-state index contributed by atoms with van der Waals surface area (Å²) in [6.45, 7) is 3.99. The minimum Gasteiger partial charge on any atom is -0.296 e. The van der Waals surface area contributed by atoms with Crippen molar-refractivity contribution >= 4 is 22.4 Å². The summed E-state index contributed by atoms with van der Waals surface area (Å²) in [5.41, 5.74) is 2.57. The van der Waals surface area contributed by atoms with Gasteiger partial charge in [-0.15, -0.1) is 10.2 Å². The van der Waals surface area contributed by atoms with Crippen molar-refractivity contribution in [1.29, 1.82) is 0 Å². The van der Waals surface area contributed by atoms with Crippen LogP contribution in [0.2, 0.25) is 0 Å². The molecule has 0 bridgehead atoms. The van der Waals surface area contributed by atoms with E-state index in [9.17, 15) is 4.79 Å². The molecule has 0 radical (unpaired) electrons. The summed E-state index contributed by atoms with van der Waals surface area (Å²) in [5.74, 6) is -0.193. The lowest BCUT2D eigenvalue weighted by Crippen LogP contribution is -2.11. The number of aromatic nitrogens is 4. The van der Waals surface area contributed by atoms with Crippen LogP contribution < -0.4 is 5.32 Å². The van der Waals surface area contributed by atoms with Crippen LogP contribution in [0.25, 0.3) is 5.69 Å². The Morgan fingerprint density at radius 3 is 2.64 bits per heavy atom. The van der Waals surface area contributed by atoms with Crippen molar-refractivity contribution in [3.05, 3.63) is 52.8 Å². The van der Waals surface area contributed by atoms with Gasteiger partial charge in [-0.05, 0) is 43.2 Å². The van der Waals surface area contributed by atoms with E-state index >= 15 is 0 Å². The van der Waals surface area contributed by atoms with Crippen molar-refractivity contribution in [3.63, 3.8) is 0 Å². The van der Waals surface area contributed by atoms with Gasteiger partial charge >= 0.3 is 0 Å². The van der Waals surface area contributed by atoms with E-state index in [2.05, 4.69) is 20.6 Å². The molecule has 22 heavy (non-hydrogen) atoms. The molecule has 0 aliphatic carbocycles. The van der Waals surface area contributed by atoms with E-state index in [-0.39, 0.29) is 5.91 Å². The largest absolute Gasteiger partial charge is 0.296 e. The standard InChI is InChI=1S/C15H15N5OS/c1-3-13-18-19-15(22-13)17-14(21)11-4-6-12(7-5-11)20-9-10(2)8-16-20/h4-9H,3H2,1-2H3,(H,17,19,21).